The van der Waals surface area contributed by atoms with Crippen LogP contribution in [0.3, 0.4) is 0 Å². The Morgan fingerprint density at radius 3 is 2.17 bits per heavy atom. The molecule has 1 aliphatic carbocycles. The molecule has 0 spiro atoms. The topological polar surface area (TPSA) is 58.2 Å². The second kappa shape index (κ2) is 10.9. The van der Waals surface area contributed by atoms with Gasteiger partial charge in [-0.05, 0) is 60.0 Å². The van der Waals surface area contributed by atoms with Gasteiger partial charge in [-0.15, -0.1) is 23.2 Å². The van der Waals surface area contributed by atoms with E-state index in [0.29, 0.717) is 24.2 Å². The van der Waals surface area contributed by atoms with Crippen LogP contribution in [0, 0.1) is 11.7 Å². The molecule has 2 amide bonds. The van der Waals surface area contributed by atoms with E-state index < -0.39 is 28.0 Å². The second-order valence-corrected chi connectivity index (χ2v) is 11.3. The van der Waals surface area contributed by atoms with Crippen molar-refractivity contribution in [1.29, 1.82) is 0 Å². The molecule has 11 heteroatoms. The van der Waals surface area contributed by atoms with E-state index in [1.54, 1.807) is 30.3 Å². The Hall–Kier alpha value is -1.73. The molecule has 188 valence electrons. The molecule has 1 aliphatic rings. The molecule has 0 heterocycles. The van der Waals surface area contributed by atoms with Crippen LogP contribution in [0.1, 0.15) is 27.4 Å². The zero-order chi connectivity index (χ0) is 26.2. The molecule has 0 saturated heterocycles. The van der Waals surface area contributed by atoms with Crippen molar-refractivity contribution >= 4 is 87.1 Å². The van der Waals surface area contributed by atoms with Gasteiger partial charge in [-0.1, -0.05) is 58.5 Å². The van der Waals surface area contributed by atoms with E-state index in [-0.39, 0.29) is 31.5 Å². The third-order valence-corrected chi connectivity index (χ3v) is 8.26. The van der Waals surface area contributed by atoms with E-state index in [1.807, 2.05) is 0 Å². The number of carbonyl (C=O) groups is 2. The summed E-state index contributed by atoms with van der Waals surface area (Å²) in [7, 11) is 0. The molecule has 1 fully saturated rings. The van der Waals surface area contributed by atoms with Crippen LogP contribution >= 0.6 is 69.6 Å². The van der Waals surface area contributed by atoms with Crippen LogP contribution in [0.4, 0.5) is 10.1 Å². The maximum atomic E-state index is 13.0. The zero-order valence-corrected chi connectivity index (χ0v) is 22.8. The number of hydrogen-bond acceptors (Lipinski definition) is 2. The first kappa shape index (κ1) is 27.3. The first-order valence-corrected chi connectivity index (χ1v) is 12.9. The van der Waals surface area contributed by atoms with Gasteiger partial charge in [0.2, 0.25) is 5.91 Å². The fraction of sp³-hybridized carbons (Fsp3) is 0.200. The predicted octanol–water partition coefficient (Wildman–Crippen LogP) is 7.94. The number of hydrogen-bond donors (Lipinski definition) is 2. The molecule has 0 radical (unpaired) electrons. The summed E-state index contributed by atoms with van der Waals surface area (Å²) in [6.45, 7) is 0.314. The first-order chi connectivity index (χ1) is 17.0. The number of rotatable bonds is 7. The van der Waals surface area contributed by atoms with Crippen molar-refractivity contribution < 1.29 is 14.0 Å². The van der Waals surface area contributed by atoms with E-state index in [4.69, 9.17) is 69.6 Å². The van der Waals surface area contributed by atoms with E-state index >= 15 is 0 Å². The van der Waals surface area contributed by atoms with Crippen molar-refractivity contribution in [2.24, 2.45) is 5.92 Å². The van der Waals surface area contributed by atoms with Gasteiger partial charge in [-0.25, -0.2) is 4.39 Å². The highest BCUT2D eigenvalue weighted by atomic mass is 35.5. The maximum Gasteiger partial charge on any atom is 0.252 e. The molecule has 1 saturated carbocycles. The number of alkyl halides is 2. The van der Waals surface area contributed by atoms with Crippen LogP contribution in [0.5, 0.6) is 0 Å². The Morgan fingerprint density at radius 2 is 1.53 bits per heavy atom. The monoisotopic (exact) mass is 606 g/mol. The number of benzene rings is 3. The standard InChI is InChI=1S/C25H17Cl6FN2O2/c26-17-6-5-15(11-16(17)23(35)33-8-7-12-1-3-14(32)4-2-12)34-24(36)21-20(25(21,30)31)13-9-18(27)22(29)19(28)10-13/h1-6,9-11,20-21H,7-8H2,(H,33,35)(H,34,36). The van der Waals surface area contributed by atoms with Gasteiger partial charge in [0, 0.05) is 18.2 Å². The van der Waals surface area contributed by atoms with Gasteiger partial charge in [0.05, 0.1) is 31.6 Å². The Balaban J connectivity index is 1.42. The number of carbonyl (C=O) groups excluding carboxylic acids is 2. The Bertz CT molecular complexity index is 1310. The fourth-order valence-electron chi connectivity index (χ4n) is 3.89. The predicted molar refractivity (Wildman–Crippen MR) is 145 cm³/mol. The van der Waals surface area contributed by atoms with Gasteiger partial charge >= 0.3 is 0 Å². The van der Waals surface area contributed by atoms with Crippen LogP contribution in [0.15, 0.2) is 54.6 Å². The van der Waals surface area contributed by atoms with Gasteiger partial charge in [-0.3, -0.25) is 9.59 Å². The van der Waals surface area contributed by atoms with Crippen LogP contribution in [-0.4, -0.2) is 22.7 Å². The van der Waals surface area contributed by atoms with E-state index in [0.717, 1.165) is 5.56 Å². The highest BCUT2D eigenvalue weighted by molar-refractivity contribution is 6.54. The Morgan fingerprint density at radius 1 is 0.889 bits per heavy atom. The average molecular weight is 609 g/mol. The summed E-state index contributed by atoms with van der Waals surface area (Å²) in [5.41, 5.74) is 1.98. The summed E-state index contributed by atoms with van der Waals surface area (Å²) in [6.07, 6.45) is 0.509. The largest absolute Gasteiger partial charge is 0.352 e. The molecule has 36 heavy (non-hydrogen) atoms. The molecule has 4 rings (SSSR count). The van der Waals surface area contributed by atoms with Crippen molar-refractivity contribution in [3.8, 4) is 0 Å². The molecule has 2 atom stereocenters. The molecule has 2 N–H and O–H groups in total. The lowest BCUT2D eigenvalue weighted by Gasteiger charge is -2.10. The van der Waals surface area contributed by atoms with Crippen molar-refractivity contribution in [2.45, 2.75) is 16.7 Å². The molecular formula is C25H17Cl6FN2O2. The SMILES string of the molecule is O=C(NCCc1ccc(F)cc1)c1cc(NC(=O)C2C(c3cc(Cl)c(Cl)c(Cl)c3)C2(Cl)Cl)ccc1Cl. The van der Waals surface area contributed by atoms with Gasteiger partial charge in [-0.2, -0.15) is 0 Å². The first-order valence-electron chi connectivity index (χ1n) is 10.6. The average Bonchev–Trinajstić information content (AvgIpc) is 3.41. The quantitative estimate of drug-likeness (QED) is 0.211. The summed E-state index contributed by atoms with van der Waals surface area (Å²) in [4.78, 5) is 25.7. The fourth-order valence-corrected chi connectivity index (χ4v) is 5.53. The van der Waals surface area contributed by atoms with Crippen LogP contribution in [0.2, 0.25) is 20.1 Å². The van der Waals surface area contributed by atoms with Gasteiger partial charge in [0.25, 0.3) is 5.91 Å². The minimum absolute atomic E-state index is 0.181. The Kier molecular flexibility index (Phi) is 8.30. The van der Waals surface area contributed by atoms with Crippen LogP contribution in [0.25, 0.3) is 0 Å². The molecular weight excluding hydrogens is 592 g/mol. The lowest BCUT2D eigenvalue weighted by Crippen LogP contribution is -2.26. The molecule has 0 aliphatic heterocycles. The van der Waals surface area contributed by atoms with Crippen molar-refractivity contribution in [3.05, 3.63) is 97.2 Å². The van der Waals surface area contributed by atoms with Crippen molar-refractivity contribution in [3.63, 3.8) is 0 Å². The number of nitrogens with one attached hydrogen (secondary N) is 2. The highest BCUT2D eigenvalue weighted by Gasteiger charge is 2.67. The number of amides is 2. The van der Waals surface area contributed by atoms with E-state index in [2.05, 4.69) is 10.6 Å². The summed E-state index contributed by atoms with van der Waals surface area (Å²) in [5, 5.41) is 6.36. The molecule has 0 bridgehead atoms. The second-order valence-electron chi connectivity index (χ2n) is 8.24. The van der Waals surface area contributed by atoms with Gasteiger partial charge < -0.3 is 10.6 Å². The molecule has 2 unspecified atom stereocenters. The van der Waals surface area contributed by atoms with Gasteiger partial charge in [0.1, 0.15) is 10.2 Å². The summed E-state index contributed by atoms with van der Waals surface area (Å²) in [6, 6.07) is 13.7. The van der Waals surface area contributed by atoms with E-state index in [9.17, 15) is 14.0 Å². The zero-order valence-electron chi connectivity index (χ0n) is 18.2. The molecule has 3 aromatic rings. The molecule has 4 nitrogen and oxygen atoms in total. The Labute approximate surface area is 237 Å². The van der Waals surface area contributed by atoms with Crippen molar-refractivity contribution in [1.82, 2.24) is 5.32 Å². The smallest absolute Gasteiger partial charge is 0.252 e. The van der Waals surface area contributed by atoms with E-state index in [1.165, 1.54) is 24.3 Å². The van der Waals surface area contributed by atoms with Crippen LogP contribution in [-0.2, 0) is 11.2 Å². The maximum absolute atomic E-state index is 13.0. The normalized spacial score (nSPS) is 18.0. The van der Waals surface area contributed by atoms with Gasteiger partial charge in [0.15, 0.2) is 0 Å². The van der Waals surface area contributed by atoms with Crippen LogP contribution < -0.4 is 10.6 Å². The van der Waals surface area contributed by atoms with Crippen molar-refractivity contribution in [2.75, 3.05) is 11.9 Å². The minimum atomic E-state index is -1.38. The third-order valence-electron chi connectivity index (χ3n) is 5.79. The molecule has 0 aromatic heterocycles. The summed E-state index contributed by atoms with van der Waals surface area (Å²) in [5.74, 6) is -2.55. The lowest BCUT2D eigenvalue weighted by atomic mass is 10.1. The summed E-state index contributed by atoms with van der Waals surface area (Å²) >= 11 is 37.3. The highest BCUT2D eigenvalue weighted by Crippen LogP contribution is 2.65. The summed E-state index contributed by atoms with van der Waals surface area (Å²) < 4.78 is 11.7. The number of halogens is 7. The third kappa shape index (κ3) is 5.88. The minimum Gasteiger partial charge on any atom is -0.352 e. The molecule has 3 aromatic carbocycles. The number of anilines is 1. The lowest BCUT2D eigenvalue weighted by molar-refractivity contribution is -0.117.